The van der Waals surface area contributed by atoms with Crippen molar-refractivity contribution in [2.45, 2.75) is 6.42 Å². The van der Waals surface area contributed by atoms with Crippen LogP contribution in [0.2, 0.25) is 0 Å². The molecule has 0 amide bonds. The number of ether oxygens (including phenoxy) is 1. The monoisotopic (exact) mass is 191 g/mol. The van der Waals surface area contributed by atoms with Crippen molar-refractivity contribution in [3.63, 3.8) is 0 Å². The Morgan fingerprint density at radius 3 is 2.75 bits per heavy atom. The van der Waals surface area contributed by atoms with E-state index in [-0.39, 0.29) is 5.97 Å². The molecule has 0 saturated carbocycles. The summed E-state index contributed by atoms with van der Waals surface area (Å²) in [6.45, 7) is 1.35. The molecule has 0 aliphatic heterocycles. The van der Waals surface area contributed by atoms with Gasteiger partial charge < -0.3 is 4.74 Å². The molecule has 0 saturated heterocycles. The molecule has 0 rings (SSSR count). The van der Waals surface area contributed by atoms with Crippen LogP contribution in [0, 0.1) is 0 Å². The van der Waals surface area contributed by atoms with Crippen LogP contribution in [0.1, 0.15) is 6.42 Å². The third-order valence-electron chi connectivity index (χ3n) is 1.51. The van der Waals surface area contributed by atoms with Crippen molar-refractivity contribution in [3.05, 3.63) is 0 Å². The first kappa shape index (κ1) is 11.8. The van der Waals surface area contributed by atoms with Gasteiger partial charge in [-0.3, -0.25) is 9.69 Å². The van der Waals surface area contributed by atoms with E-state index in [1.807, 2.05) is 23.7 Å². The summed E-state index contributed by atoms with van der Waals surface area (Å²) in [5.74, 6) is 0.979. The predicted molar refractivity (Wildman–Crippen MR) is 52.5 cm³/mol. The highest BCUT2D eigenvalue weighted by Crippen LogP contribution is 1.96. The molecule has 0 aliphatic carbocycles. The number of nitrogens with zero attached hydrogens (tertiary/aromatic N) is 1. The number of carbonyl (C=O) groups excluding carboxylic acids is 1. The lowest BCUT2D eigenvalue weighted by atomic mass is 10.4. The van der Waals surface area contributed by atoms with Crippen LogP contribution in [0.15, 0.2) is 0 Å². The van der Waals surface area contributed by atoms with Crippen LogP contribution in [0.25, 0.3) is 0 Å². The van der Waals surface area contributed by atoms with Crippen molar-refractivity contribution in [1.29, 1.82) is 0 Å². The molecular formula is C8H17NO2S. The van der Waals surface area contributed by atoms with E-state index in [2.05, 4.69) is 11.0 Å². The Labute approximate surface area is 78.5 Å². The van der Waals surface area contributed by atoms with Gasteiger partial charge in [0, 0.05) is 0 Å². The van der Waals surface area contributed by atoms with Crippen molar-refractivity contribution in [2.75, 3.05) is 39.3 Å². The molecule has 0 aliphatic rings. The fourth-order valence-electron chi connectivity index (χ4n) is 0.843. The topological polar surface area (TPSA) is 29.5 Å². The summed E-state index contributed by atoms with van der Waals surface area (Å²) >= 11 is 1.83. The number of thioether (sulfide) groups is 1. The first-order valence-electron chi connectivity index (χ1n) is 3.95. The maximum atomic E-state index is 10.8. The quantitative estimate of drug-likeness (QED) is 0.460. The summed E-state index contributed by atoms with van der Waals surface area (Å²) in [6.07, 6.45) is 3.20. The second-order valence-electron chi connectivity index (χ2n) is 2.66. The lowest BCUT2D eigenvalue weighted by Crippen LogP contribution is -2.27. The molecule has 0 aromatic rings. The maximum absolute atomic E-state index is 10.8. The first-order chi connectivity index (χ1) is 5.70. The van der Waals surface area contributed by atoms with Gasteiger partial charge in [-0.1, -0.05) is 0 Å². The average molecular weight is 191 g/mol. The minimum absolute atomic E-state index is 0.165. The van der Waals surface area contributed by atoms with Crippen LogP contribution in [-0.2, 0) is 9.53 Å². The van der Waals surface area contributed by atoms with Crippen molar-refractivity contribution in [2.24, 2.45) is 0 Å². The van der Waals surface area contributed by atoms with Gasteiger partial charge in [-0.05, 0) is 32.0 Å². The Bertz CT molecular complexity index is 130. The Balaban J connectivity index is 3.32. The van der Waals surface area contributed by atoms with E-state index >= 15 is 0 Å². The highest BCUT2D eigenvalue weighted by atomic mass is 32.2. The third kappa shape index (κ3) is 6.49. The van der Waals surface area contributed by atoms with Crippen LogP contribution in [-0.4, -0.2) is 50.1 Å². The van der Waals surface area contributed by atoms with E-state index in [0.29, 0.717) is 6.54 Å². The number of hydrogen-bond acceptors (Lipinski definition) is 4. The maximum Gasteiger partial charge on any atom is 0.319 e. The minimum Gasteiger partial charge on any atom is -0.468 e. The van der Waals surface area contributed by atoms with E-state index in [4.69, 9.17) is 0 Å². The molecule has 4 heteroatoms. The van der Waals surface area contributed by atoms with Crippen LogP contribution < -0.4 is 0 Å². The zero-order valence-electron chi connectivity index (χ0n) is 8.00. The molecule has 0 fully saturated rings. The van der Waals surface area contributed by atoms with Gasteiger partial charge in [-0.2, -0.15) is 11.8 Å². The standard InChI is InChI=1S/C8H17NO2S/c1-9(5-4-6-12-3)7-8(10)11-2/h4-7H2,1-3H3. The number of methoxy groups -OCH3 is 1. The average Bonchev–Trinajstić information content (AvgIpc) is 2.05. The zero-order chi connectivity index (χ0) is 9.40. The van der Waals surface area contributed by atoms with Gasteiger partial charge in [0.1, 0.15) is 0 Å². The van der Waals surface area contributed by atoms with Gasteiger partial charge >= 0.3 is 5.97 Å². The molecule has 12 heavy (non-hydrogen) atoms. The predicted octanol–water partition coefficient (Wildman–Crippen LogP) is 0.844. The molecule has 0 bridgehead atoms. The highest BCUT2D eigenvalue weighted by Gasteiger charge is 2.04. The number of carbonyl (C=O) groups is 1. The molecular weight excluding hydrogens is 174 g/mol. The number of likely N-dealkylation sites (N-methyl/N-ethyl adjacent to an activating group) is 1. The van der Waals surface area contributed by atoms with E-state index in [0.717, 1.165) is 18.7 Å². The SMILES string of the molecule is COC(=O)CN(C)CCCSC. The molecule has 0 heterocycles. The van der Waals surface area contributed by atoms with Crippen LogP contribution in [0.3, 0.4) is 0 Å². The Kier molecular flexibility index (Phi) is 7.29. The van der Waals surface area contributed by atoms with Gasteiger partial charge in [0.25, 0.3) is 0 Å². The van der Waals surface area contributed by atoms with Gasteiger partial charge in [-0.25, -0.2) is 0 Å². The fraction of sp³-hybridized carbons (Fsp3) is 0.875. The molecule has 0 unspecified atom stereocenters. The number of esters is 1. The van der Waals surface area contributed by atoms with Gasteiger partial charge in [-0.15, -0.1) is 0 Å². The van der Waals surface area contributed by atoms with E-state index in [9.17, 15) is 4.79 Å². The molecule has 3 nitrogen and oxygen atoms in total. The molecule has 0 aromatic heterocycles. The van der Waals surface area contributed by atoms with Crippen LogP contribution in [0.5, 0.6) is 0 Å². The first-order valence-corrected chi connectivity index (χ1v) is 5.34. The highest BCUT2D eigenvalue weighted by molar-refractivity contribution is 7.98. The van der Waals surface area contributed by atoms with Gasteiger partial charge in [0.05, 0.1) is 13.7 Å². The Morgan fingerprint density at radius 1 is 1.58 bits per heavy atom. The van der Waals surface area contributed by atoms with Crippen LogP contribution in [0.4, 0.5) is 0 Å². The van der Waals surface area contributed by atoms with E-state index < -0.39 is 0 Å². The lowest BCUT2D eigenvalue weighted by molar-refractivity contribution is -0.141. The summed E-state index contributed by atoms with van der Waals surface area (Å²) in [6, 6.07) is 0. The smallest absolute Gasteiger partial charge is 0.319 e. The summed E-state index contributed by atoms with van der Waals surface area (Å²) < 4.78 is 4.54. The fourth-order valence-corrected chi connectivity index (χ4v) is 1.26. The van der Waals surface area contributed by atoms with Crippen molar-refractivity contribution < 1.29 is 9.53 Å². The molecule has 0 radical (unpaired) electrons. The summed E-state index contributed by atoms with van der Waals surface area (Å²) in [5, 5.41) is 0. The molecule has 0 N–H and O–H groups in total. The summed E-state index contributed by atoms with van der Waals surface area (Å²) in [7, 11) is 3.34. The zero-order valence-corrected chi connectivity index (χ0v) is 8.82. The largest absolute Gasteiger partial charge is 0.468 e. The third-order valence-corrected chi connectivity index (χ3v) is 2.21. The van der Waals surface area contributed by atoms with Crippen LogP contribution >= 0.6 is 11.8 Å². The lowest BCUT2D eigenvalue weighted by Gasteiger charge is -2.13. The second-order valence-corrected chi connectivity index (χ2v) is 3.65. The number of rotatable bonds is 6. The van der Waals surface area contributed by atoms with Gasteiger partial charge in [0.2, 0.25) is 0 Å². The molecule has 72 valence electrons. The molecule has 0 aromatic carbocycles. The summed E-state index contributed by atoms with van der Waals surface area (Å²) in [5.41, 5.74) is 0. The number of hydrogen-bond donors (Lipinski definition) is 0. The molecule has 0 atom stereocenters. The van der Waals surface area contributed by atoms with E-state index in [1.54, 1.807) is 0 Å². The van der Waals surface area contributed by atoms with E-state index in [1.165, 1.54) is 7.11 Å². The normalized spacial score (nSPS) is 10.3. The van der Waals surface area contributed by atoms with Crippen molar-refractivity contribution >= 4 is 17.7 Å². The minimum atomic E-state index is -0.165. The van der Waals surface area contributed by atoms with Gasteiger partial charge in [0.15, 0.2) is 0 Å². The Morgan fingerprint density at radius 2 is 2.25 bits per heavy atom. The molecule has 0 spiro atoms. The van der Waals surface area contributed by atoms with Crippen molar-refractivity contribution in [1.82, 2.24) is 4.90 Å². The van der Waals surface area contributed by atoms with Crippen molar-refractivity contribution in [3.8, 4) is 0 Å². The second kappa shape index (κ2) is 7.43. The summed E-state index contributed by atoms with van der Waals surface area (Å²) in [4.78, 5) is 12.8. The Hall–Kier alpha value is -0.220.